The topological polar surface area (TPSA) is 82.2 Å². The maximum atomic E-state index is 12.2. The molecule has 2 fully saturated rings. The zero-order valence-electron chi connectivity index (χ0n) is 18.1. The average molecular weight is 418 g/mol. The maximum absolute atomic E-state index is 12.2. The Labute approximate surface area is 181 Å². The minimum absolute atomic E-state index is 0.0317. The number of nitrogens with zero attached hydrogens (tertiary/aromatic N) is 4. The smallest absolute Gasteiger partial charge is 0.251 e. The van der Waals surface area contributed by atoms with Gasteiger partial charge in [-0.25, -0.2) is 0 Å². The van der Waals surface area contributed by atoms with Gasteiger partial charge in [-0.1, -0.05) is 13.8 Å². The van der Waals surface area contributed by atoms with Crippen molar-refractivity contribution in [2.75, 3.05) is 29.9 Å². The largest absolute Gasteiger partial charge is 0.370 e. The van der Waals surface area contributed by atoms with Crippen LogP contribution in [-0.2, 0) is 6.42 Å². The van der Waals surface area contributed by atoms with Crippen molar-refractivity contribution < 1.29 is 4.79 Å². The molecule has 0 spiro atoms. The van der Waals surface area contributed by atoms with E-state index in [1.54, 1.807) is 0 Å². The van der Waals surface area contributed by atoms with Crippen LogP contribution in [0.1, 0.15) is 36.3 Å². The number of aromatic nitrogens is 3. The summed E-state index contributed by atoms with van der Waals surface area (Å²) in [5.74, 6) is 1.27. The predicted molar refractivity (Wildman–Crippen MR) is 122 cm³/mol. The van der Waals surface area contributed by atoms with Crippen molar-refractivity contribution in [1.82, 2.24) is 15.0 Å². The van der Waals surface area contributed by atoms with Crippen molar-refractivity contribution in [3.8, 4) is 0 Å². The summed E-state index contributed by atoms with van der Waals surface area (Å²) in [6, 6.07) is 8.23. The Balaban J connectivity index is 1.28. The molecule has 0 radical (unpaired) electrons. The number of carbonyl (C=O) groups excluding carboxylic acids is 1. The number of hydrogen-bond donors (Lipinski definition) is 1. The van der Waals surface area contributed by atoms with Gasteiger partial charge < -0.3 is 14.8 Å². The molecular formula is C24H27N5O2. The van der Waals surface area contributed by atoms with Gasteiger partial charge in [-0.05, 0) is 30.7 Å². The van der Waals surface area contributed by atoms with Crippen LogP contribution in [0.15, 0.2) is 41.5 Å². The summed E-state index contributed by atoms with van der Waals surface area (Å²) in [6.07, 6.45) is 4.90. The van der Waals surface area contributed by atoms with Crippen molar-refractivity contribution in [1.29, 1.82) is 0 Å². The van der Waals surface area contributed by atoms with Crippen molar-refractivity contribution in [3.05, 3.63) is 58.3 Å². The number of ketones is 1. The molecule has 7 nitrogen and oxygen atoms in total. The number of pyridine rings is 3. The minimum atomic E-state index is -0.0317. The number of aryl methyl sites for hydroxylation is 1. The van der Waals surface area contributed by atoms with Gasteiger partial charge in [0.1, 0.15) is 5.69 Å². The normalized spacial score (nSPS) is 21.9. The van der Waals surface area contributed by atoms with Gasteiger partial charge in [0.15, 0.2) is 5.78 Å². The van der Waals surface area contributed by atoms with Crippen molar-refractivity contribution >= 4 is 28.2 Å². The standard InChI is InChI=1S/C24H27N5O2/c1-4-14-8-20-21(27-24(14)31)9-16(11-26-20)28(3)23-17-12-29(13-18(17)23)15-6-7-19(25-10-15)22(30)5-2/h6-11,17-18,23H,4-5,12-13H2,1-3H3,(H,27,31). The maximum Gasteiger partial charge on any atom is 0.251 e. The third kappa shape index (κ3) is 3.38. The molecule has 1 aliphatic heterocycles. The van der Waals surface area contributed by atoms with Crippen LogP contribution in [0.4, 0.5) is 11.4 Å². The third-order valence-corrected chi connectivity index (χ3v) is 6.86. The van der Waals surface area contributed by atoms with E-state index in [9.17, 15) is 9.59 Å². The van der Waals surface area contributed by atoms with Crippen LogP contribution in [0.5, 0.6) is 0 Å². The number of aromatic amines is 1. The number of Topliss-reactive ketones (excluding diaryl/α,β-unsaturated/α-hetero) is 1. The van der Waals surface area contributed by atoms with E-state index in [4.69, 9.17) is 0 Å². The molecule has 3 aromatic rings. The van der Waals surface area contributed by atoms with E-state index in [0.717, 1.165) is 41.1 Å². The summed E-state index contributed by atoms with van der Waals surface area (Å²) < 4.78 is 0. The van der Waals surface area contributed by atoms with Crippen LogP contribution in [0.25, 0.3) is 11.0 Å². The molecule has 31 heavy (non-hydrogen) atoms. The fraction of sp³-hybridized carbons (Fsp3) is 0.417. The first-order valence-electron chi connectivity index (χ1n) is 11.0. The molecule has 1 saturated carbocycles. The van der Waals surface area contributed by atoms with Crippen LogP contribution in [-0.4, -0.2) is 46.9 Å². The van der Waals surface area contributed by atoms with E-state index in [2.05, 4.69) is 31.8 Å². The van der Waals surface area contributed by atoms with Crippen LogP contribution in [0.2, 0.25) is 0 Å². The van der Waals surface area contributed by atoms with Gasteiger partial charge in [-0.15, -0.1) is 0 Å². The second-order valence-electron chi connectivity index (χ2n) is 8.62. The molecule has 1 saturated heterocycles. The molecule has 160 valence electrons. The highest BCUT2D eigenvalue weighted by Crippen LogP contribution is 2.50. The average Bonchev–Trinajstić information content (AvgIpc) is 3.29. The van der Waals surface area contributed by atoms with Crippen LogP contribution >= 0.6 is 0 Å². The quantitative estimate of drug-likeness (QED) is 0.621. The Hall–Kier alpha value is -3.22. The number of H-pyrrole nitrogens is 1. The lowest BCUT2D eigenvalue weighted by Gasteiger charge is -2.27. The first-order valence-corrected chi connectivity index (χ1v) is 11.0. The van der Waals surface area contributed by atoms with E-state index >= 15 is 0 Å². The number of hydrogen-bond acceptors (Lipinski definition) is 6. The van der Waals surface area contributed by atoms with E-state index in [0.29, 0.717) is 36.4 Å². The molecule has 7 heteroatoms. The Morgan fingerprint density at radius 1 is 1.16 bits per heavy atom. The van der Waals surface area contributed by atoms with E-state index in [1.807, 2.05) is 50.5 Å². The zero-order valence-corrected chi connectivity index (χ0v) is 18.1. The second-order valence-corrected chi connectivity index (χ2v) is 8.62. The molecule has 1 aliphatic carbocycles. The van der Waals surface area contributed by atoms with Gasteiger partial charge in [0.25, 0.3) is 5.56 Å². The lowest BCUT2D eigenvalue weighted by molar-refractivity contribution is 0.0983. The molecule has 0 amide bonds. The van der Waals surface area contributed by atoms with Gasteiger partial charge in [-0.2, -0.15) is 0 Å². The minimum Gasteiger partial charge on any atom is -0.370 e. The fourth-order valence-corrected chi connectivity index (χ4v) is 4.94. The lowest BCUT2D eigenvalue weighted by Crippen LogP contribution is -2.32. The van der Waals surface area contributed by atoms with Gasteiger partial charge in [0.2, 0.25) is 0 Å². The summed E-state index contributed by atoms with van der Waals surface area (Å²) in [5, 5.41) is 0. The molecule has 3 aromatic heterocycles. The Kier molecular flexibility index (Phi) is 4.76. The highest BCUT2D eigenvalue weighted by Gasteiger charge is 2.57. The number of fused-ring (bicyclic) bond motifs is 2. The zero-order chi connectivity index (χ0) is 21.7. The van der Waals surface area contributed by atoms with Gasteiger partial charge >= 0.3 is 0 Å². The SMILES string of the molecule is CCC(=O)c1ccc(N2CC3C(C2)C3N(C)c2cnc3cc(CC)c(=O)[nH]c3c2)cn1. The summed E-state index contributed by atoms with van der Waals surface area (Å²) in [6.45, 7) is 5.80. The highest BCUT2D eigenvalue weighted by molar-refractivity contribution is 5.94. The molecule has 0 bridgehead atoms. The molecular weight excluding hydrogens is 390 g/mol. The first kappa shape index (κ1) is 19.7. The Bertz CT molecular complexity index is 1190. The molecule has 2 aliphatic rings. The molecule has 1 N–H and O–H groups in total. The molecule has 0 aromatic carbocycles. The summed E-state index contributed by atoms with van der Waals surface area (Å²) in [7, 11) is 2.11. The van der Waals surface area contributed by atoms with E-state index in [-0.39, 0.29) is 11.3 Å². The van der Waals surface area contributed by atoms with Gasteiger partial charge in [0, 0.05) is 50.0 Å². The summed E-state index contributed by atoms with van der Waals surface area (Å²) in [4.78, 5) is 40.5. The van der Waals surface area contributed by atoms with Crippen molar-refractivity contribution in [2.45, 2.75) is 32.7 Å². The molecule has 2 atom stereocenters. The van der Waals surface area contributed by atoms with E-state index < -0.39 is 0 Å². The third-order valence-electron chi connectivity index (χ3n) is 6.86. The monoisotopic (exact) mass is 417 g/mol. The Morgan fingerprint density at radius 2 is 1.94 bits per heavy atom. The summed E-state index contributed by atoms with van der Waals surface area (Å²) in [5.41, 5.74) is 5.00. The first-order chi connectivity index (χ1) is 15.0. The lowest BCUT2D eigenvalue weighted by atomic mass is 10.2. The number of carbonyl (C=O) groups is 1. The van der Waals surface area contributed by atoms with E-state index in [1.165, 1.54) is 0 Å². The number of rotatable bonds is 6. The van der Waals surface area contributed by atoms with Gasteiger partial charge in [-0.3, -0.25) is 19.6 Å². The molecule has 5 rings (SSSR count). The number of piperidine rings is 1. The van der Waals surface area contributed by atoms with Crippen molar-refractivity contribution in [2.24, 2.45) is 11.8 Å². The highest BCUT2D eigenvalue weighted by atomic mass is 16.1. The van der Waals surface area contributed by atoms with Crippen LogP contribution in [0, 0.1) is 11.8 Å². The number of anilines is 2. The second kappa shape index (κ2) is 7.48. The van der Waals surface area contributed by atoms with Crippen LogP contribution in [0.3, 0.4) is 0 Å². The predicted octanol–water partition coefficient (Wildman–Crippen LogP) is 3.04. The Morgan fingerprint density at radius 3 is 2.58 bits per heavy atom. The van der Waals surface area contributed by atoms with Crippen molar-refractivity contribution in [3.63, 3.8) is 0 Å². The molecule has 2 unspecified atom stereocenters. The van der Waals surface area contributed by atoms with Gasteiger partial charge in [0.05, 0.1) is 34.8 Å². The summed E-state index contributed by atoms with van der Waals surface area (Å²) >= 11 is 0. The molecule has 4 heterocycles. The van der Waals surface area contributed by atoms with Crippen LogP contribution < -0.4 is 15.4 Å². The fourth-order valence-electron chi connectivity index (χ4n) is 4.94. The number of nitrogens with one attached hydrogen (secondary N) is 1.